The molecule has 9 nitrogen and oxygen atoms in total. The van der Waals surface area contributed by atoms with Crippen molar-refractivity contribution in [3.05, 3.63) is 75.0 Å². The second-order valence-electron chi connectivity index (χ2n) is 13.5. The number of halogens is 5. The Morgan fingerprint density at radius 3 is 2.43 bits per heavy atom. The molecule has 3 aliphatic rings. The Hall–Kier alpha value is -4.03. The van der Waals surface area contributed by atoms with E-state index in [1.165, 1.54) is 6.42 Å². The van der Waals surface area contributed by atoms with Gasteiger partial charge in [-0.15, -0.1) is 0 Å². The first-order chi connectivity index (χ1) is 23.4. The molecule has 3 fully saturated rings. The van der Waals surface area contributed by atoms with E-state index in [-0.39, 0.29) is 50.1 Å². The molecule has 2 unspecified atom stereocenters. The summed E-state index contributed by atoms with van der Waals surface area (Å²) in [5.74, 6) is -0.304. The van der Waals surface area contributed by atoms with Crippen molar-refractivity contribution in [2.75, 3.05) is 23.3 Å². The van der Waals surface area contributed by atoms with Crippen LogP contribution in [0.5, 0.6) is 0 Å². The van der Waals surface area contributed by atoms with Gasteiger partial charge in [0.2, 0.25) is 5.95 Å². The van der Waals surface area contributed by atoms with Gasteiger partial charge in [-0.25, -0.2) is 4.98 Å². The van der Waals surface area contributed by atoms with Crippen molar-refractivity contribution >= 4 is 63.4 Å². The highest BCUT2D eigenvalue weighted by Gasteiger charge is 2.46. The van der Waals surface area contributed by atoms with Crippen molar-refractivity contribution in [2.45, 2.75) is 57.8 Å². The van der Waals surface area contributed by atoms with E-state index in [0.29, 0.717) is 55.9 Å². The number of nitrogens with one attached hydrogen (secondary N) is 3. The van der Waals surface area contributed by atoms with Gasteiger partial charge in [0.1, 0.15) is 5.69 Å². The molecular weight excluding hydrogens is 678 g/mol. The molecule has 258 valence electrons. The van der Waals surface area contributed by atoms with Gasteiger partial charge in [0.25, 0.3) is 11.8 Å². The van der Waals surface area contributed by atoms with Crippen LogP contribution in [-0.4, -0.2) is 51.7 Å². The third kappa shape index (κ3) is 6.90. The highest BCUT2D eigenvalue weighted by atomic mass is 35.5. The van der Waals surface area contributed by atoms with Gasteiger partial charge in [0.05, 0.1) is 43.9 Å². The lowest BCUT2D eigenvalue weighted by Crippen LogP contribution is -2.40. The van der Waals surface area contributed by atoms with Gasteiger partial charge >= 0.3 is 6.18 Å². The fourth-order valence-corrected chi connectivity index (χ4v) is 7.62. The predicted octanol–water partition coefficient (Wildman–Crippen LogP) is 7.56. The van der Waals surface area contributed by atoms with Crippen LogP contribution in [0.1, 0.15) is 64.1 Å². The van der Waals surface area contributed by atoms with E-state index in [0.717, 1.165) is 29.9 Å². The maximum absolute atomic E-state index is 13.8. The summed E-state index contributed by atoms with van der Waals surface area (Å²) in [5, 5.41) is 9.79. The first-order valence-electron chi connectivity index (χ1n) is 16.4. The van der Waals surface area contributed by atoms with Crippen LogP contribution in [0.15, 0.2) is 42.6 Å². The molecule has 1 saturated heterocycles. The van der Waals surface area contributed by atoms with Gasteiger partial charge in [0, 0.05) is 38.9 Å². The number of anilines is 3. The van der Waals surface area contributed by atoms with Crippen LogP contribution in [-0.2, 0) is 13.6 Å². The molecule has 2 saturated carbocycles. The lowest BCUT2D eigenvalue weighted by molar-refractivity contribution is -0.182. The van der Waals surface area contributed by atoms with Crippen molar-refractivity contribution in [3.8, 4) is 0 Å². The highest BCUT2D eigenvalue weighted by Crippen LogP contribution is 2.47. The minimum atomic E-state index is -4.21. The number of imidazole rings is 1. The molecule has 49 heavy (non-hydrogen) atoms. The molecule has 3 N–H and O–H groups in total. The fraction of sp³-hybridized carbons (Fsp3) is 0.429. The molecule has 2 aromatic carbocycles. The van der Waals surface area contributed by atoms with Crippen molar-refractivity contribution < 1.29 is 22.8 Å². The largest absolute Gasteiger partial charge is 0.391 e. The van der Waals surface area contributed by atoms with Crippen molar-refractivity contribution in [1.29, 1.82) is 0 Å². The monoisotopic (exact) mass is 713 g/mol. The zero-order chi connectivity index (χ0) is 34.6. The third-order valence-electron chi connectivity index (χ3n) is 10.1. The summed E-state index contributed by atoms with van der Waals surface area (Å²) in [6, 6.07) is 10.3. The van der Waals surface area contributed by atoms with Gasteiger partial charge in [-0.1, -0.05) is 29.3 Å². The number of carbonyl (C=O) groups excluding carboxylic acids is 2. The summed E-state index contributed by atoms with van der Waals surface area (Å²) in [7, 11) is 1.85. The Morgan fingerprint density at radius 1 is 1.00 bits per heavy atom. The molecule has 2 atom stereocenters. The topological polar surface area (TPSA) is 104 Å². The Bertz CT molecular complexity index is 1930. The molecule has 0 spiro atoms. The molecule has 0 bridgehead atoms. The third-order valence-corrected chi connectivity index (χ3v) is 10.8. The highest BCUT2D eigenvalue weighted by molar-refractivity contribution is 6.39. The number of fused-ring (bicyclic) bond motifs is 2. The summed E-state index contributed by atoms with van der Waals surface area (Å²) >= 11 is 13.4. The van der Waals surface area contributed by atoms with Crippen molar-refractivity contribution in [1.82, 2.24) is 25.2 Å². The number of piperidine rings is 1. The van der Waals surface area contributed by atoms with Crippen LogP contribution in [0.25, 0.3) is 11.0 Å². The first kappa shape index (κ1) is 33.5. The number of aromatic nitrogens is 3. The average Bonchev–Trinajstić information content (AvgIpc) is 3.55. The first-order valence-corrected chi connectivity index (χ1v) is 17.2. The van der Waals surface area contributed by atoms with Gasteiger partial charge in [-0.05, 0) is 92.3 Å². The van der Waals surface area contributed by atoms with Crippen LogP contribution in [0.4, 0.5) is 30.5 Å². The normalized spacial score (nSPS) is 21.8. The van der Waals surface area contributed by atoms with E-state index >= 15 is 0 Å². The summed E-state index contributed by atoms with van der Waals surface area (Å²) in [4.78, 5) is 37.6. The van der Waals surface area contributed by atoms with E-state index in [4.69, 9.17) is 28.2 Å². The van der Waals surface area contributed by atoms with E-state index < -0.39 is 12.1 Å². The Morgan fingerprint density at radius 2 is 1.73 bits per heavy atom. The molecular formula is C35H36Cl2F3N7O2. The molecule has 0 radical (unpaired) electrons. The number of carbonyl (C=O) groups is 2. The number of aryl methyl sites for hydroxylation is 2. The Kier molecular flexibility index (Phi) is 8.89. The smallest absolute Gasteiger partial charge is 0.370 e. The minimum Gasteiger partial charge on any atom is -0.370 e. The number of pyridine rings is 1. The molecule has 14 heteroatoms. The van der Waals surface area contributed by atoms with Crippen LogP contribution < -0.4 is 20.9 Å². The van der Waals surface area contributed by atoms with E-state index in [9.17, 15) is 22.8 Å². The molecule has 2 aromatic heterocycles. The van der Waals surface area contributed by atoms with E-state index in [1.54, 1.807) is 30.5 Å². The summed E-state index contributed by atoms with van der Waals surface area (Å²) in [6.07, 6.45) is -0.856. The molecule has 2 aliphatic carbocycles. The molecule has 3 heterocycles. The SMILES string of the molecule is Cc1ccnc(C(=O)NCc2ccc(Cl)c(Nc3nc4cc(C(=O)N[C@H]5CC[C@H](C(F)(F)F)CC5)c(N5CC6CC6C5)cc4n3C)c2Cl)c1. The Labute approximate surface area is 291 Å². The second-order valence-corrected chi connectivity index (χ2v) is 14.3. The van der Waals surface area contributed by atoms with E-state index in [2.05, 4.69) is 25.8 Å². The zero-order valence-electron chi connectivity index (χ0n) is 27.0. The summed E-state index contributed by atoms with van der Waals surface area (Å²) < 4.78 is 41.6. The van der Waals surface area contributed by atoms with E-state index in [1.807, 2.05) is 30.7 Å². The standard InChI is InChI=1S/C35H36Cl2F3N7O2/c1-18-9-10-41-27(11-18)33(49)42-15-19-3-8-25(36)31(30(19)37)45-34-44-26-13-24(32(48)43-23-6-4-22(5-7-23)35(38,39)40)28(14-29(26)46(34)2)47-16-20-12-21(20)17-47/h3,8-11,13-14,20-23H,4-7,12,15-17H2,1-2H3,(H,42,49)(H,43,48)(H,44,45)/t20?,21?,22-,23-. The van der Waals surface area contributed by atoms with Crippen LogP contribution >= 0.6 is 23.2 Å². The number of rotatable bonds is 8. The predicted molar refractivity (Wildman–Crippen MR) is 184 cm³/mol. The van der Waals surface area contributed by atoms with Crippen molar-refractivity contribution in [2.24, 2.45) is 24.8 Å². The van der Waals surface area contributed by atoms with Crippen molar-refractivity contribution in [3.63, 3.8) is 0 Å². The lowest BCUT2D eigenvalue weighted by atomic mass is 9.85. The second kappa shape index (κ2) is 13.0. The fourth-order valence-electron chi connectivity index (χ4n) is 7.09. The van der Waals surface area contributed by atoms with Gasteiger partial charge in [-0.2, -0.15) is 13.2 Å². The maximum Gasteiger partial charge on any atom is 0.391 e. The number of nitrogens with zero attached hydrogens (tertiary/aromatic N) is 4. The lowest BCUT2D eigenvalue weighted by Gasteiger charge is -2.31. The minimum absolute atomic E-state index is 0.00765. The quantitative estimate of drug-likeness (QED) is 0.174. The zero-order valence-corrected chi connectivity index (χ0v) is 28.5. The average molecular weight is 715 g/mol. The number of amides is 2. The van der Waals surface area contributed by atoms with Gasteiger partial charge in [0.15, 0.2) is 0 Å². The molecule has 4 aromatic rings. The van der Waals surface area contributed by atoms with Gasteiger partial charge in [-0.3, -0.25) is 14.6 Å². The van der Waals surface area contributed by atoms with Crippen LogP contribution in [0, 0.1) is 24.7 Å². The summed E-state index contributed by atoms with van der Waals surface area (Å²) in [6.45, 7) is 3.72. The van der Waals surface area contributed by atoms with Crippen LogP contribution in [0.2, 0.25) is 10.0 Å². The molecule has 7 rings (SSSR count). The van der Waals surface area contributed by atoms with Crippen LogP contribution in [0.3, 0.4) is 0 Å². The number of hydrogen-bond donors (Lipinski definition) is 3. The summed E-state index contributed by atoms with van der Waals surface area (Å²) in [5.41, 5.74) is 4.84. The number of hydrogen-bond acceptors (Lipinski definition) is 6. The molecule has 1 aliphatic heterocycles. The molecule has 2 amide bonds. The number of alkyl halides is 3. The Balaban J connectivity index is 1.13. The maximum atomic E-state index is 13.8. The number of benzene rings is 2. The van der Waals surface area contributed by atoms with Gasteiger partial charge < -0.3 is 25.4 Å².